The number of benzene rings is 6. The first-order chi connectivity index (χ1) is 31.4. The summed E-state index contributed by atoms with van der Waals surface area (Å²) in [6.45, 7) is 6.61. The smallest absolute Gasteiger partial charge is 0.254 e. The number of hydrogen-bond donors (Lipinski definition) is 3. The third-order valence-corrected chi connectivity index (χ3v) is 13.8. The number of ether oxygens (including phenoxy) is 2. The number of carbonyl (C=O) groups is 2. The van der Waals surface area contributed by atoms with E-state index in [1.807, 2.05) is 48.5 Å². The van der Waals surface area contributed by atoms with Gasteiger partial charge in [-0.15, -0.1) is 0 Å². The van der Waals surface area contributed by atoms with Crippen LogP contribution in [0.15, 0.2) is 131 Å². The molecule has 66 heavy (non-hydrogen) atoms. The van der Waals surface area contributed by atoms with Gasteiger partial charge in [-0.1, -0.05) is 38.1 Å². The van der Waals surface area contributed by atoms with Crippen molar-refractivity contribution in [2.24, 2.45) is 0 Å². The number of nitrogens with one attached hydrogen (secondary N) is 1. The number of sulfone groups is 2. The van der Waals surface area contributed by atoms with Crippen molar-refractivity contribution in [3.63, 3.8) is 0 Å². The Labute approximate surface area is 384 Å². The molecule has 340 valence electrons. The number of H-pyrrole nitrogens is 1. The number of amides is 2. The highest BCUT2D eigenvalue weighted by atomic mass is 32.2. The molecule has 2 amide bonds. The Bertz CT molecular complexity index is 3210. The van der Waals surface area contributed by atoms with Gasteiger partial charge in [0.1, 0.15) is 30.5 Å². The fraction of sp³-hybridized carbons (Fsp3) is 0.220. The van der Waals surface area contributed by atoms with E-state index >= 15 is 0 Å². The van der Waals surface area contributed by atoms with Crippen LogP contribution in [-0.4, -0.2) is 87.2 Å². The third-order valence-electron chi connectivity index (χ3n) is 11.5. The van der Waals surface area contributed by atoms with Gasteiger partial charge in [-0.05, 0) is 119 Å². The lowest BCUT2D eigenvalue weighted by atomic mass is 10.0. The van der Waals surface area contributed by atoms with Gasteiger partial charge in [0.15, 0.2) is 19.7 Å². The van der Waals surface area contributed by atoms with E-state index in [-0.39, 0.29) is 21.6 Å². The minimum Gasteiger partial charge on any atom is -0.491 e. The van der Waals surface area contributed by atoms with Crippen LogP contribution in [-0.2, 0) is 32.8 Å². The summed E-state index contributed by atoms with van der Waals surface area (Å²) < 4.78 is 58.6. The molecular weight excluding hydrogens is 877 g/mol. The van der Waals surface area contributed by atoms with Crippen molar-refractivity contribution in [1.29, 1.82) is 0 Å². The van der Waals surface area contributed by atoms with Crippen LogP contribution in [0.3, 0.4) is 0 Å². The number of hydrogen-bond acceptors (Lipinski definition) is 11. The summed E-state index contributed by atoms with van der Waals surface area (Å²) in [4.78, 5) is 38.1. The number of rotatable bonds is 7. The topological polar surface area (TPSA) is 208 Å². The van der Waals surface area contributed by atoms with E-state index in [2.05, 4.69) is 42.0 Å². The molecule has 2 aliphatic heterocycles. The van der Waals surface area contributed by atoms with Crippen molar-refractivity contribution in [2.75, 3.05) is 50.3 Å². The average molecular weight is 927 g/mol. The Morgan fingerprint density at radius 3 is 1.48 bits per heavy atom. The summed E-state index contributed by atoms with van der Waals surface area (Å²) in [5, 5.41) is 0. The van der Waals surface area contributed by atoms with E-state index < -0.39 is 19.7 Å². The Hall–Kier alpha value is -7.17. The highest BCUT2D eigenvalue weighted by Gasteiger charge is 2.24. The molecule has 0 fully saturated rings. The van der Waals surface area contributed by atoms with E-state index in [1.54, 1.807) is 40.1 Å². The van der Waals surface area contributed by atoms with Gasteiger partial charge in [-0.2, -0.15) is 0 Å². The molecule has 9 rings (SSSR count). The number of fused-ring (bicyclic) bond motifs is 3. The molecule has 0 saturated heterocycles. The van der Waals surface area contributed by atoms with Crippen molar-refractivity contribution in [2.45, 2.75) is 42.6 Å². The monoisotopic (exact) mass is 926 g/mol. The molecule has 0 radical (unpaired) electrons. The maximum Gasteiger partial charge on any atom is 0.254 e. The van der Waals surface area contributed by atoms with Crippen LogP contribution in [0.25, 0.3) is 33.3 Å². The first-order valence-corrected chi connectivity index (χ1v) is 25.1. The van der Waals surface area contributed by atoms with E-state index in [1.165, 1.54) is 24.3 Å². The number of carbonyl (C=O) groups excluding carboxylic acids is 2. The van der Waals surface area contributed by atoms with Crippen molar-refractivity contribution in [1.82, 2.24) is 19.8 Å². The maximum absolute atomic E-state index is 13.2. The van der Waals surface area contributed by atoms with E-state index in [4.69, 9.17) is 20.9 Å². The lowest BCUT2D eigenvalue weighted by Gasteiger charge is -2.20. The normalized spacial score (nSPS) is 13.9. The Morgan fingerprint density at radius 2 is 1.03 bits per heavy atom. The van der Waals surface area contributed by atoms with Crippen molar-refractivity contribution in [3.8, 4) is 33.8 Å². The predicted molar refractivity (Wildman–Crippen MR) is 256 cm³/mol. The lowest BCUT2D eigenvalue weighted by Crippen LogP contribution is -2.32. The number of nitrogen functional groups attached to an aromatic ring is 2. The van der Waals surface area contributed by atoms with Crippen molar-refractivity contribution < 1.29 is 35.9 Å². The van der Waals surface area contributed by atoms with Gasteiger partial charge < -0.3 is 35.7 Å². The van der Waals surface area contributed by atoms with Gasteiger partial charge >= 0.3 is 0 Å². The van der Waals surface area contributed by atoms with Gasteiger partial charge in [0, 0.05) is 53.8 Å². The third kappa shape index (κ3) is 10.0. The molecule has 0 spiro atoms. The summed E-state index contributed by atoms with van der Waals surface area (Å²) in [5.41, 5.74) is 21.4. The molecule has 6 aromatic carbocycles. The summed E-state index contributed by atoms with van der Waals surface area (Å²) in [6, 6.07) is 35.6. The van der Waals surface area contributed by atoms with E-state index in [9.17, 15) is 26.4 Å². The standard InChI is InChI=1S/C27H27N3O4S.C23H23N3O4S/c1-17(2)26-28-23-10-6-20(15-24(23)29-26)19-7-11-25-21(14-19)16-30(12-13-34-25)27(31)18-4-8-22(9-5-18)35(3,32)33;1-31(28,29)19-6-2-15(3-7-19)23(27)26-10-11-30-22-9-5-16(12-18(22)14-26)17-4-8-20(24)21(25)13-17/h4-11,14-15,17H,12-13,16H2,1-3H3,(H,28,29);2-9,12-13H,10-11,14,24-25H2,1H3. The van der Waals surface area contributed by atoms with Gasteiger partial charge in [0.2, 0.25) is 0 Å². The number of aromatic nitrogens is 2. The molecule has 0 aliphatic carbocycles. The molecule has 16 heteroatoms. The SMILES string of the molecule is CC(C)c1nc2ccc(-c3ccc4c(c3)CN(C(=O)c3ccc(S(C)(=O)=O)cc3)CCO4)cc2[nH]1.CS(=O)(=O)c1ccc(C(=O)N2CCOc3ccc(-c4ccc(N)c(N)c4)cc3C2)cc1. The molecule has 0 unspecified atom stereocenters. The summed E-state index contributed by atoms with van der Waals surface area (Å²) in [6.07, 6.45) is 2.29. The fourth-order valence-corrected chi connectivity index (χ4v) is 9.05. The first kappa shape index (κ1) is 45.4. The molecule has 1 aromatic heterocycles. The summed E-state index contributed by atoms with van der Waals surface area (Å²) >= 11 is 0. The molecule has 0 atom stereocenters. The van der Waals surface area contributed by atoms with Crippen molar-refractivity contribution >= 4 is 53.9 Å². The van der Waals surface area contributed by atoms with Crippen LogP contribution in [0.2, 0.25) is 0 Å². The summed E-state index contributed by atoms with van der Waals surface area (Å²) in [7, 11) is -6.63. The lowest BCUT2D eigenvalue weighted by molar-refractivity contribution is 0.0726. The zero-order chi connectivity index (χ0) is 46.9. The highest BCUT2D eigenvalue weighted by molar-refractivity contribution is 7.91. The molecule has 7 aromatic rings. The molecule has 14 nitrogen and oxygen atoms in total. The molecule has 0 bridgehead atoms. The Balaban J connectivity index is 0.000000181. The zero-order valence-corrected chi connectivity index (χ0v) is 38.6. The maximum atomic E-state index is 13.2. The second kappa shape index (κ2) is 18.4. The molecular formula is C50H50N6O8S2. The van der Waals surface area contributed by atoms with E-state index in [0.29, 0.717) is 67.8 Å². The fourth-order valence-electron chi connectivity index (χ4n) is 7.79. The number of aromatic amines is 1. The average Bonchev–Trinajstić information content (AvgIpc) is 3.46. The van der Waals surface area contributed by atoms with Crippen LogP contribution < -0.4 is 20.9 Å². The largest absolute Gasteiger partial charge is 0.491 e. The summed E-state index contributed by atoms with van der Waals surface area (Å²) in [5.74, 6) is 2.44. The molecule has 2 aliphatic rings. The number of imidazole rings is 1. The molecule has 0 saturated carbocycles. The van der Waals surface area contributed by atoms with Gasteiger partial charge in [-0.25, -0.2) is 21.8 Å². The number of nitrogens with zero attached hydrogens (tertiary/aromatic N) is 3. The van der Waals surface area contributed by atoms with E-state index in [0.717, 1.165) is 74.2 Å². The Kier molecular flexibility index (Phi) is 12.6. The zero-order valence-electron chi connectivity index (χ0n) is 36.9. The number of anilines is 2. The minimum absolute atomic E-state index is 0.160. The highest BCUT2D eigenvalue weighted by Crippen LogP contribution is 2.34. The second-order valence-corrected chi connectivity index (χ2v) is 20.8. The second-order valence-electron chi connectivity index (χ2n) is 16.7. The predicted octanol–water partition coefficient (Wildman–Crippen LogP) is 7.75. The minimum atomic E-state index is -3.32. The first-order valence-electron chi connectivity index (χ1n) is 21.3. The number of nitrogens with two attached hydrogens (primary N) is 2. The van der Waals surface area contributed by atoms with Crippen LogP contribution >= 0.6 is 0 Å². The van der Waals surface area contributed by atoms with Crippen LogP contribution in [0, 0.1) is 0 Å². The van der Waals surface area contributed by atoms with Crippen LogP contribution in [0.5, 0.6) is 11.5 Å². The van der Waals surface area contributed by atoms with Gasteiger partial charge in [0.25, 0.3) is 11.8 Å². The van der Waals surface area contributed by atoms with Crippen LogP contribution in [0.1, 0.15) is 57.4 Å². The Morgan fingerprint density at radius 1 is 0.591 bits per heavy atom. The van der Waals surface area contributed by atoms with Crippen LogP contribution in [0.4, 0.5) is 11.4 Å². The quantitative estimate of drug-likeness (QED) is 0.132. The molecule has 5 N–H and O–H groups in total. The van der Waals surface area contributed by atoms with Gasteiger partial charge in [0.05, 0.1) is 45.3 Å². The van der Waals surface area contributed by atoms with Crippen molar-refractivity contribution in [3.05, 3.63) is 149 Å². The van der Waals surface area contributed by atoms with Gasteiger partial charge in [-0.3, -0.25) is 9.59 Å². The molecule has 3 heterocycles.